The molecule has 7 nitrogen and oxygen atoms in total. The number of ether oxygens (including phenoxy) is 3. The number of allylic oxidation sites excluding steroid dienone is 1. The number of aliphatic hydroxyl groups is 2. The second-order valence-electron chi connectivity index (χ2n) is 13.3. The fourth-order valence-electron chi connectivity index (χ4n) is 9.08. The highest BCUT2D eigenvalue weighted by Gasteiger charge is 2.56. The monoisotopic (exact) mass is 591 g/mol. The van der Waals surface area contributed by atoms with Crippen LogP contribution in [0.15, 0.2) is 59.0 Å². The summed E-state index contributed by atoms with van der Waals surface area (Å²) >= 11 is 0. The van der Waals surface area contributed by atoms with Crippen molar-refractivity contribution in [1.82, 2.24) is 4.90 Å². The lowest BCUT2D eigenvalue weighted by molar-refractivity contribution is -0.133. The second kappa shape index (κ2) is 12.8. The van der Waals surface area contributed by atoms with Crippen molar-refractivity contribution >= 4 is 5.97 Å². The summed E-state index contributed by atoms with van der Waals surface area (Å²) in [7, 11) is 1.49. The first-order chi connectivity index (χ1) is 20.9. The number of esters is 1. The standard InChI is InChI=1S/C36H49NO6/c1-5-7-8-11-22-12-9-13-23(18-22)24-15-16-25-26(24)19-28-31-21(3)33(35-34(41-4)27(20-38)36(40)43-35)42-30(31)14-10-17-37(28)32(25)29(39)6-2/h9,12-14,18,21,24-26,28-29,31-32,38-39H,5-8,10-11,15-17,19-20H2,1-4H3/b35-33+/t21-,24-,25+,26-,28-,29-,31+,32-/m0/s1. The van der Waals surface area contributed by atoms with Gasteiger partial charge >= 0.3 is 5.97 Å². The Kier molecular flexibility index (Phi) is 9.04. The van der Waals surface area contributed by atoms with Crippen LogP contribution in [0.4, 0.5) is 0 Å². The molecule has 1 aliphatic carbocycles. The number of cyclic esters (lactones) is 1. The Morgan fingerprint density at radius 2 is 1.98 bits per heavy atom. The summed E-state index contributed by atoms with van der Waals surface area (Å²) in [5.41, 5.74) is 3.04. The summed E-state index contributed by atoms with van der Waals surface area (Å²) in [6.45, 7) is 6.97. The summed E-state index contributed by atoms with van der Waals surface area (Å²) in [6, 6.07) is 9.65. The van der Waals surface area contributed by atoms with E-state index in [-0.39, 0.29) is 41.4 Å². The van der Waals surface area contributed by atoms with Gasteiger partial charge in [-0.3, -0.25) is 4.90 Å². The normalized spacial score (nSPS) is 34.6. The molecule has 0 amide bonds. The summed E-state index contributed by atoms with van der Waals surface area (Å²) in [6.07, 6.45) is 11.7. The molecule has 2 N–H and O–H groups in total. The molecule has 1 aromatic carbocycles. The lowest BCUT2D eigenvalue weighted by Gasteiger charge is -2.52. The average Bonchev–Trinajstić information content (AvgIpc) is 3.64. The van der Waals surface area contributed by atoms with Crippen LogP contribution in [0.2, 0.25) is 0 Å². The Balaban J connectivity index is 1.35. The van der Waals surface area contributed by atoms with Crippen molar-refractivity contribution in [2.75, 3.05) is 20.3 Å². The Bertz CT molecular complexity index is 1300. The fourth-order valence-corrected chi connectivity index (χ4v) is 9.08. The van der Waals surface area contributed by atoms with Crippen LogP contribution in [0.25, 0.3) is 0 Å². The van der Waals surface area contributed by atoms with Gasteiger partial charge in [0, 0.05) is 30.5 Å². The molecule has 234 valence electrons. The predicted molar refractivity (Wildman–Crippen MR) is 165 cm³/mol. The molecule has 0 bridgehead atoms. The molecule has 0 spiro atoms. The van der Waals surface area contributed by atoms with Gasteiger partial charge in [-0.05, 0) is 79.9 Å². The Morgan fingerprint density at radius 1 is 1.14 bits per heavy atom. The number of unbranched alkanes of at least 4 members (excludes halogenated alkanes) is 2. The number of piperidine rings is 1. The number of carbonyl (C=O) groups excluding carboxylic acids is 1. The number of aliphatic hydroxyl groups excluding tert-OH is 2. The Labute approximate surface area is 256 Å². The summed E-state index contributed by atoms with van der Waals surface area (Å²) in [4.78, 5) is 15.1. The van der Waals surface area contributed by atoms with Crippen molar-refractivity contribution in [3.8, 4) is 0 Å². The molecule has 4 heterocycles. The van der Waals surface area contributed by atoms with Gasteiger partial charge < -0.3 is 24.4 Å². The van der Waals surface area contributed by atoms with E-state index in [1.54, 1.807) is 0 Å². The molecule has 7 heteroatoms. The van der Waals surface area contributed by atoms with E-state index in [9.17, 15) is 15.0 Å². The number of hydrogen-bond acceptors (Lipinski definition) is 7. The molecule has 2 saturated heterocycles. The summed E-state index contributed by atoms with van der Waals surface area (Å²) in [5, 5.41) is 21.4. The van der Waals surface area contributed by atoms with Crippen molar-refractivity contribution in [2.45, 2.75) is 103 Å². The third-order valence-electron chi connectivity index (χ3n) is 11.1. The van der Waals surface area contributed by atoms with Crippen LogP contribution in [-0.2, 0) is 25.4 Å². The van der Waals surface area contributed by atoms with E-state index in [0.29, 0.717) is 29.3 Å². The summed E-state index contributed by atoms with van der Waals surface area (Å²) < 4.78 is 17.7. The van der Waals surface area contributed by atoms with Crippen LogP contribution in [0.5, 0.6) is 0 Å². The zero-order valence-corrected chi connectivity index (χ0v) is 26.3. The van der Waals surface area contributed by atoms with Crippen molar-refractivity contribution in [3.05, 3.63) is 70.1 Å². The summed E-state index contributed by atoms with van der Waals surface area (Å²) in [5.74, 6) is 2.97. The third-order valence-corrected chi connectivity index (χ3v) is 11.1. The van der Waals surface area contributed by atoms with Gasteiger partial charge in [-0.2, -0.15) is 0 Å². The largest absolute Gasteiger partial charge is 0.492 e. The third kappa shape index (κ3) is 5.36. The highest BCUT2D eigenvalue weighted by molar-refractivity contribution is 5.94. The first kappa shape index (κ1) is 30.4. The molecule has 8 atom stereocenters. The molecule has 1 saturated carbocycles. The fraction of sp³-hybridized carbons (Fsp3) is 0.639. The number of fused-ring (bicyclic) bond motifs is 4. The molecular formula is C36H49NO6. The molecule has 0 radical (unpaired) electrons. The van der Waals surface area contributed by atoms with E-state index in [0.717, 1.165) is 50.8 Å². The molecule has 5 aliphatic rings. The van der Waals surface area contributed by atoms with Crippen molar-refractivity contribution in [2.24, 2.45) is 23.7 Å². The number of hydrogen-bond donors (Lipinski definition) is 2. The van der Waals surface area contributed by atoms with Gasteiger partial charge in [0.2, 0.25) is 5.76 Å². The number of nitrogens with zero attached hydrogens (tertiary/aromatic N) is 1. The van der Waals surface area contributed by atoms with E-state index in [2.05, 4.69) is 56.0 Å². The smallest absolute Gasteiger partial charge is 0.345 e. The van der Waals surface area contributed by atoms with Gasteiger partial charge in [0.25, 0.3) is 0 Å². The molecular weight excluding hydrogens is 542 g/mol. The van der Waals surface area contributed by atoms with Crippen LogP contribution < -0.4 is 0 Å². The minimum absolute atomic E-state index is 0.0550. The number of rotatable bonds is 9. The van der Waals surface area contributed by atoms with Crippen molar-refractivity contribution in [1.29, 1.82) is 0 Å². The van der Waals surface area contributed by atoms with Crippen LogP contribution >= 0.6 is 0 Å². The van der Waals surface area contributed by atoms with Crippen molar-refractivity contribution < 1.29 is 29.2 Å². The molecule has 43 heavy (non-hydrogen) atoms. The maximum absolute atomic E-state index is 12.5. The molecule has 0 aromatic heterocycles. The first-order valence-electron chi connectivity index (χ1n) is 16.7. The van der Waals surface area contributed by atoms with Gasteiger partial charge in [0.05, 0.1) is 19.8 Å². The number of methoxy groups -OCH3 is 1. The maximum atomic E-state index is 12.5. The molecule has 4 aliphatic heterocycles. The van der Waals surface area contributed by atoms with E-state index < -0.39 is 12.6 Å². The topological polar surface area (TPSA) is 88.5 Å². The Hall–Kier alpha value is -2.61. The van der Waals surface area contributed by atoms with Crippen molar-refractivity contribution in [3.63, 3.8) is 0 Å². The highest BCUT2D eigenvalue weighted by Crippen LogP contribution is 2.57. The van der Waals surface area contributed by atoms with Crippen LogP contribution in [0, 0.1) is 23.7 Å². The molecule has 3 fully saturated rings. The minimum Gasteiger partial charge on any atom is -0.492 e. The van der Waals surface area contributed by atoms with Crippen LogP contribution in [0.3, 0.4) is 0 Å². The van der Waals surface area contributed by atoms with Gasteiger partial charge in [-0.1, -0.05) is 57.9 Å². The predicted octanol–water partition coefficient (Wildman–Crippen LogP) is 5.97. The van der Waals surface area contributed by atoms with Crippen LogP contribution in [0.1, 0.15) is 89.2 Å². The first-order valence-corrected chi connectivity index (χ1v) is 16.7. The lowest BCUT2D eigenvalue weighted by Crippen LogP contribution is -2.60. The average molecular weight is 592 g/mol. The lowest BCUT2D eigenvalue weighted by atomic mass is 9.68. The maximum Gasteiger partial charge on any atom is 0.345 e. The SMILES string of the molecule is CCCCCc1cccc([C@@H]2CC[C@@H]3[C@H]2C[C@H]2[C@@H]4C(=CCCN2[C@@H]3[C@@H](O)CC)O/C(=C2/OC(=O)C(CO)=C2OC)[C@H]4C)c1. The van der Waals surface area contributed by atoms with Gasteiger partial charge in [-0.15, -0.1) is 0 Å². The molecule has 0 unspecified atom stereocenters. The van der Waals surface area contributed by atoms with E-state index >= 15 is 0 Å². The number of aryl methyl sites for hydroxylation is 1. The molecule has 6 rings (SSSR count). The van der Waals surface area contributed by atoms with Crippen LogP contribution in [-0.4, -0.2) is 59.5 Å². The zero-order chi connectivity index (χ0) is 30.2. The second-order valence-corrected chi connectivity index (χ2v) is 13.3. The zero-order valence-electron chi connectivity index (χ0n) is 26.3. The number of benzene rings is 1. The van der Waals surface area contributed by atoms with E-state index in [1.165, 1.54) is 37.5 Å². The number of carbonyl (C=O) groups is 1. The quantitative estimate of drug-likeness (QED) is 0.270. The minimum atomic E-state index is -0.585. The molecule has 1 aromatic rings. The Morgan fingerprint density at radius 3 is 2.72 bits per heavy atom. The van der Waals surface area contributed by atoms with E-state index in [4.69, 9.17) is 14.2 Å². The van der Waals surface area contributed by atoms with Gasteiger partial charge in [0.1, 0.15) is 11.3 Å². The van der Waals surface area contributed by atoms with E-state index in [1.807, 2.05) is 0 Å². The highest BCUT2D eigenvalue weighted by atomic mass is 16.6. The van der Waals surface area contributed by atoms with Gasteiger partial charge in [-0.25, -0.2) is 4.79 Å². The van der Waals surface area contributed by atoms with Gasteiger partial charge in [0.15, 0.2) is 11.5 Å².